The van der Waals surface area contributed by atoms with E-state index in [1.165, 1.54) is 25.3 Å². The van der Waals surface area contributed by atoms with E-state index in [4.69, 9.17) is 9.47 Å². The fourth-order valence-electron chi connectivity index (χ4n) is 1.89. The fourth-order valence-corrected chi connectivity index (χ4v) is 1.89. The lowest BCUT2D eigenvalue weighted by Gasteiger charge is -2.15. The van der Waals surface area contributed by atoms with Crippen LogP contribution in [0.25, 0.3) is 0 Å². The molecule has 0 aromatic heterocycles. The van der Waals surface area contributed by atoms with Gasteiger partial charge in [-0.25, -0.2) is 0 Å². The number of nitrogens with one attached hydrogen (secondary N) is 1. The maximum atomic E-state index is 12.2. The molecule has 0 aliphatic heterocycles. The zero-order chi connectivity index (χ0) is 16.8. The molecule has 0 aliphatic carbocycles. The normalized spacial score (nSPS) is 11.4. The number of carbonyl (C=O) groups excluding carboxylic acids is 1. The van der Waals surface area contributed by atoms with Gasteiger partial charge in [-0.1, -0.05) is 18.2 Å². The number of anilines is 1. The molecule has 0 saturated carbocycles. The topological polar surface area (TPSA) is 90.7 Å². The maximum Gasteiger partial charge on any atom is 0.296 e. The molecule has 1 amide bonds. The van der Waals surface area contributed by atoms with Crippen LogP contribution in [0.15, 0.2) is 48.5 Å². The zero-order valence-electron chi connectivity index (χ0n) is 12.7. The van der Waals surface area contributed by atoms with Crippen molar-refractivity contribution in [3.8, 4) is 11.5 Å². The predicted molar refractivity (Wildman–Crippen MR) is 84.8 cm³/mol. The molecule has 1 N–H and O–H groups in total. The third-order valence-electron chi connectivity index (χ3n) is 3.08. The molecule has 0 heterocycles. The third kappa shape index (κ3) is 4.19. The smallest absolute Gasteiger partial charge is 0.296 e. The molecule has 2 aromatic carbocycles. The van der Waals surface area contributed by atoms with Crippen LogP contribution in [-0.2, 0) is 4.79 Å². The van der Waals surface area contributed by atoms with Crippen LogP contribution in [0.3, 0.4) is 0 Å². The van der Waals surface area contributed by atoms with E-state index in [9.17, 15) is 14.9 Å². The van der Waals surface area contributed by atoms with Crippen molar-refractivity contribution in [2.24, 2.45) is 0 Å². The highest BCUT2D eigenvalue weighted by molar-refractivity contribution is 5.96. The minimum Gasteiger partial charge on any atom is -0.496 e. The molecule has 0 aliphatic rings. The second-order valence-electron chi connectivity index (χ2n) is 4.70. The summed E-state index contributed by atoms with van der Waals surface area (Å²) in [5, 5.41) is 13.6. The first-order valence-corrected chi connectivity index (χ1v) is 6.86. The SMILES string of the molecule is COc1ccc(NC(=O)C(C)Oc2ccccc2)c([N+](=O)[O-])c1. The van der Waals surface area contributed by atoms with E-state index < -0.39 is 16.9 Å². The fraction of sp³-hybridized carbons (Fsp3) is 0.188. The van der Waals surface area contributed by atoms with E-state index in [0.29, 0.717) is 11.5 Å². The molecule has 1 unspecified atom stereocenters. The maximum absolute atomic E-state index is 12.2. The van der Waals surface area contributed by atoms with Crippen LogP contribution in [0.5, 0.6) is 11.5 Å². The summed E-state index contributed by atoms with van der Waals surface area (Å²) < 4.78 is 10.4. The number of nitro groups is 1. The summed E-state index contributed by atoms with van der Waals surface area (Å²) in [4.78, 5) is 22.7. The average Bonchev–Trinajstić information content (AvgIpc) is 2.55. The lowest BCUT2D eigenvalue weighted by molar-refractivity contribution is -0.384. The Balaban J connectivity index is 2.12. The van der Waals surface area contributed by atoms with Gasteiger partial charge in [-0.2, -0.15) is 0 Å². The molecular weight excluding hydrogens is 300 g/mol. The second kappa shape index (κ2) is 7.26. The number of hydrogen-bond acceptors (Lipinski definition) is 5. The number of nitro benzene ring substituents is 1. The van der Waals surface area contributed by atoms with Crippen molar-refractivity contribution >= 4 is 17.3 Å². The summed E-state index contributed by atoms with van der Waals surface area (Å²) in [5.74, 6) is 0.393. The summed E-state index contributed by atoms with van der Waals surface area (Å²) in [7, 11) is 1.41. The number of methoxy groups -OCH3 is 1. The van der Waals surface area contributed by atoms with Crippen LogP contribution >= 0.6 is 0 Å². The Morgan fingerprint density at radius 2 is 1.87 bits per heavy atom. The molecule has 2 rings (SSSR count). The quantitative estimate of drug-likeness (QED) is 0.653. The molecule has 0 radical (unpaired) electrons. The zero-order valence-corrected chi connectivity index (χ0v) is 12.7. The highest BCUT2D eigenvalue weighted by atomic mass is 16.6. The van der Waals surface area contributed by atoms with Crippen LogP contribution in [0.2, 0.25) is 0 Å². The van der Waals surface area contributed by atoms with Gasteiger partial charge >= 0.3 is 0 Å². The van der Waals surface area contributed by atoms with Crippen molar-refractivity contribution in [2.75, 3.05) is 12.4 Å². The van der Waals surface area contributed by atoms with Crippen LogP contribution in [-0.4, -0.2) is 24.0 Å². The number of para-hydroxylation sites is 1. The van der Waals surface area contributed by atoms with E-state index in [-0.39, 0.29) is 11.4 Å². The van der Waals surface area contributed by atoms with Gasteiger partial charge in [0.2, 0.25) is 0 Å². The van der Waals surface area contributed by atoms with Crippen molar-refractivity contribution in [1.29, 1.82) is 0 Å². The van der Waals surface area contributed by atoms with Gasteiger partial charge in [-0.3, -0.25) is 14.9 Å². The van der Waals surface area contributed by atoms with Crippen molar-refractivity contribution < 1.29 is 19.2 Å². The van der Waals surface area contributed by atoms with Crippen molar-refractivity contribution in [2.45, 2.75) is 13.0 Å². The second-order valence-corrected chi connectivity index (χ2v) is 4.70. The Morgan fingerprint density at radius 1 is 1.17 bits per heavy atom. The molecule has 0 fully saturated rings. The van der Waals surface area contributed by atoms with Crippen molar-refractivity contribution in [1.82, 2.24) is 0 Å². The Hall–Kier alpha value is -3.09. The number of rotatable bonds is 6. The van der Waals surface area contributed by atoms with Gasteiger partial charge in [0.1, 0.15) is 17.2 Å². The van der Waals surface area contributed by atoms with Crippen LogP contribution < -0.4 is 14.8 Å². The average molecular weight is 316 g/mol. The minimum absolute atomic E-state index is 0.0873. The first-order valence-electron chi connectivity index (χ1n) is 6.86. The van der Waals surface area contributed by atoms with Gasteiger partial charge < -0.3 is 14.8 Å². The van der Waals surface area contributed by atoms with Crippen molar-refractivity contribution in [3.63, 3.8) is 0 Å². The van der Waals surface area contributed by atoms with Gasteiger partial charge in [0.25, 0.3) is 11.6 Å². The summed E-state index contributed by atoms with van der Waals surface area (Å²) >= 11 is 0. The van der Waals surface area contributed by atoms with Gasteiger partial charge in [0.05, 0.1) is 18.1 Å². The molecule has 7 nitrogen and oxygen atoms in total. The summed E-state index contributed by atoms with van der Waals surface area (Å²) in [6.07, 6.45) is -0.806. The number of hydrogen-bond donors (Lipinski definition) is 1. The Morgan fingerprint density at radius 3 is 2.48 bits per heavy atom. The highest BCUT2D eigenvalue weighted by Crippen LogP contribution is 2.29. The molecule has 7 heteroatoms. The molecule has 0 spiro atoms. The summed E-state index contributed by atoms with van der Waals surface area (Å²) in [5.41, 5.74) is -0.158. The van der Waals surface area contributed by atoms with E-state index >= 15 is 0 Å². The third-order valence-corrected chi connectivity index (χ3v) is 3.08. The molecular formula is C16H16N2O5. The standard InChI is InChI=1S/C16H16N2O5/c1-11(23-12-6-4-3-5-7-12)16(19)17-14-9-8-13(22-2)10-15(14)18(20)21/h3-11H,1-2H3,(H,17,19). The Kier molecular flexibility index (Phi) is 5.14. The van der Waals surface area contributed by atoms with Gasteiger partial charge in [0.15, 0.2) is 6.10 Å². The molecule has 23 heavy (non-hydrogen) atoms. The Labute approximate surface area is 133 Å². The predicted octanol–water partition coefficient (Wildman–Crippen LogP) is 3.01. The first-order chi connectivity index (χ1) is 11.0. The van der Waals surface area contributed by atoms with E-state index in [1.54, 1.807) is 31.2 Å². The van der Waals surface area contributed by atoms with Crippen molar-refractivity contribution in [3.05, 3.63) is 58.6 Å². The minimum atomic E-state index is -0.806. The van der Waals surface area contributed by atoms with E-state index in [2.05, 4.69) is 5.32 Å². The number of nitrogens with zero attached hydrogens (tertiary/aromatic N) is 1. The van der Waals surface area contributed by atoms with Gasteiger partial charge in [-0.15, -0.1) is 0 Å². The summed E-state index contributed by atoms with van der Waals surface area (Å²) in [6, 6.07) is 13.0. The molecule has 0 saturated heterocycles. The summed E-state index contributed by atoms with van der Waals surface area (Å²) in [6.45, 7) is 1.57. The number of ether oxygens (including phenoxy) is 2. The first kappa shape index (κ1) is 16.3. The van der Waals surface area contributed by atoms with Gasteiger partial charge in [0, 0.05) is 0 Å². The molecule has 2 aromatic rings. The highest BCUT2D eigenvalue weighted by Gasteiger charge is 2.21. The molecule has 1 atom stereocenters. The number of amides is 1. The van der Waals surface area contributed by atoms with Crippen LogP contribution in [0.4, 0.5) is 11.4 Å². The number of carbonyl (C=O) groups is 1. The van der Waals surface area contributed by atoms with Gasteiger partial charge in [-0.05, 0) is 31.2 Å². The Bertz CT molecular complexity index is 703. The van der Waals surface area contributed by atoms with Crippen LogP contribution in [0.1, 0.15) is 6.92 Å². The molecule has 0 bridgehead atoms. The lowest BCUT2D eigenvalue weighted by atomic mass is 10.2. The largest absolute Gasteiger partial charge is 0.496 e. The monoisotopic (exact) mass is 316 g/mol. The lowest BCUT2D eigenvalue weighted by Crippen LogP contribution is -2.30. The number of benzene rings is 2. The van der Waals surface area contributed by atoms with E-state index in [1.807, 2.05) is 6.07 Å². The molecule has 120 valence electrons. The van der Waals surface area contributed by atoms with Crippen LogP contribution in [0, 0.1) is 10.1 Å². The van der Waals surface area contributed by atoms with E-state index in [0.717, 1.165) is 0 Å².